The standard InChI is InChI=1S/C22H28FN3O/c1-17(2)21-16-25(13-10-20-5-3-4-12-24-20)14-11-22(27)26(21)15-18-6-8-19(23)9-7-18/h3-9,12,17,21H,10-11,13-16H2,1-2H3/t21-/m1/s1. The van der Waals surface area contributed by atoms with Gasteiger partial charge in [0.05, 0.1) is 0 Å². The largest absolute Gasteiger partial charge is 0.334 e. The molecule has 1 amide bonds. The summed E-state index contributed by atoms with van der Waals surface area (Å²) < 4.78 is 13.2. The summed E-state index contributed by atoms with van der Waals surface area (Å²) in [5, 5.41) is 0. The number of halogens is 1. The molecule has 1 aliphatic heterocycles. The zero-order valence-corrected chi connectivity index (χ0v) is 16.1. The molecule has 0 radical (unpaired) electrons. The molecule has 1 aliphatic rings. The fourth-order valence-corrected chi connectivity index (χ4v) is 3.62. The number of carbonyl (C=O) groups excluding carboxylic acids is 1. The maximum Gasteiger partial charge on any atom is 0.224 e. The Kier molecular flexibility index (Phi) is 6.56. The van der Waals surface area contributed by atoms with Crippen molar-refractivity contribution < 1.29 is 9.18 Å². The summed E-state index contributed by atoms with van der Waals surface area (Å²) in [4.78, 5) is 21.6. The Hall–Kier alpha value is -2.27. The molecule has 0 bridgehead atoms. The molecule has 0 spiro atoms. The predicted molar refractivity (Wildman–Crippen MR) is 105 cm³/mol. The van der Waals surface area contributed by atoms with Crippen molar-refractivity contribution in [3.05, 3.63) is 65.7 Å². The van der Waals surface area contributed by atoms with Crippen molar-refractivity contribution in [2.75, 3.05) is 19.6 Å². The van der Waals surface area contributed by atoms with Crippen LogP contribution in [-0.2, 0) is 17.8 Å². The number of aromatic nitrogens is 1. The Balaban J connectivity index is 1.69. The van der Waals surface area contributed by atoms with Gasteiger partial charge in [0.2, 0.25) is 5.91 Å². The van der Waals surface area contributed by atoms with Crippen LogP contribution in [0.3, 0.4) is 0 Å². The first-order valence-electron chi connectivity index (χ1n) is 9.69. The summed E-state index contributed by atoms with van der Waals surface area (Å²) in [5.74, 6) is 0.283. The Morgan fingerprint density at radius 2 is 1.96 bits per heavy atom. The third kappa shape index (κ3) is 5.36. The molecule has 1 aromatic carbocycles. The van der Waals surface area contributed by atoms with E-state index in [1.165, 1.54) is 12.1 Å². The minimum atomic E-state index is -0.248. The van der Waals surface area contributed by atoms with Gasteiger partial charge in [0.15, 0.2) is 0 Å². The van der Waals surface area contributed by atoms with E-state index in [0.717, 1.165) is 37.3 Å². The van der Waals surface area contributed by atoms with Gasteiger partial charge < -0.3 is 9.80 Å². The quantitative estimate of drug-likeness (QED) is 0.782. The molecule has 1 aromatic heterocycles. The van der Waals surface area contributed by atoms with E-state index in [0.29, 0.717) is 18.9 Å². The second kappa shape index (κ2) is 9.09. The minimum Gasteiger partial charge on any atom is -0.334 e. The van der Waals surface area contributed by atoms with Crippen molar-refractivity contribution in [1.82, 2.24) is 14.8 Å². The van der Waals surface area contributed by atoms with Crippen LogP contribution in [0.5, 0.6) is 0 Å². The van der Waals surface area contributed by atoms with E-state index in [1.54, 1.807) is 12.1 Å². The first kappa shape index (κ1) is 19.5. The van der Waals surface area contributed by atoms with Gasteiger partial charge in [-0.3, -0.25) is 9.78 Å². The Bertz CT molecular complexity index is 733. The van der Waals surface area contributed by atoms with Crippen LogP contribution in [0.4, 0.5) is 4.39 Å². The average molecular weight is 369 g/mol. The highest BCUT2D eigenvalue weighted by Crippen LogP contribution is 2.21. The molecule has 2 aromatic rings. The van der Waals surface area contributed by atoms with Crippen LogP contribution >= 0.6 is 0 Å². The molecule has 5 heteroatoms. The van der Waals surface area contributed by atoms with E-state index in [9.17, 15) is 9.18 Å². The van der Waals surface area contributed by atoms with E-state index >= 15 is 0 Å². The second-order valence-electron chi connectivity index (χ2n) is 7.58. The maximum atomic E-state index is 13.2. The van der Waals surface area contributed by atoms with Crippen LogP contribution < -0.4 is 0 Å². The summed E-state index contributed by atoms with van der Waals surface area (Å²) in [7, 11) is 0. The number of rotatable bonds is 6. The molecule has 0 N–H and O–H groups in total. The van der Waals surface area contributed by atoms with Crippen molar-refractivity contribution in [3.63, 3.8) is 0 Å². The molecule has 0 saturated carbocycles. The zero-order valence-electron chi connectivity index (χ0n) is 16.1. The normalized spacial score (nSPS) is 18.7. The van der Waals surface area contributed by atoms with Gasteiger partial charge in [-0.15, -0.1) is 0 Å². The lowest BCUT2D eigenvalue weighted by Gasteiger charge is -2.35. The van der Waals surface area contributed by atoms with Crippen molar-refractivity contribution in [3.8, 4) is 0 Å². The Labute approximate surface area is 161 Å². The van der Waals surface area contributed by atoms with Gasteiger partial charge >= 0.3 is 0 Å². The van der Waals surface area contributed by atoms with E-state index in [1.807, 2.05) is 29.3 Å². The van der Waals surface area contributed by atoms with Gasteiger partial charge in [0.1, 0.15) is 5.82 Å². The number of pyridine rings is 1. The maximum absolute atomic E-state index is 13.2. The van der Waals surface area contributed by atoms with Gasteiger partial charge in [0.25, 0.3) is 0 Å². The van der Waals surface area contributed by atoms with E-state index in [-0.39, 0.29) is 17.8 Å². The summed E-state index contributed by atoms with van der Waals surface area (Å²) in [6.45, 7) is 7.40. The van der Waals surface area contributed by atoms with Crippen molar-refractivity contribution >= 4 is 5.91 Å². The highest BCUT2D eigenvalue weighted by atomic mass is 19.1. The van der Waals surface area contributed by atoms with Crippen molar-refractivity contribution in [1.29, 1.82) is 0 Å². The van der Waals surface area contributed by atoms with Gasteiger partial charge in [-0.1, -0.05) is 32.0 Å². The number of carbonyl (C=O) groups is 1. The Morgan fingerprint density at radius 3 is 2.63 bits per heavy atom. The number of hydrogen-bond acceptors (Lipinski definition) is 3. The van der Waals surface area contributed by atoms with Gasteiger partial charge in [0, 0.05) is 57.0 Å². The van der Waals surface area contributed by atoms with Crippen molar-refractivity contribution in [2.45, 2.75) is 39.3 Å². The molecular weight excluding hydrogens is 341 g/mol. The molecule has 2 heterocycles. The summed E-state index contributed by atoms with van der Waals surface area (Å²) in [6.07, 6.45) is 3.23. The lowest BCUT2D eigenvalue weighted by molar-refractivity contribution is -0.134. The van der Waals surface area contributed by atoms with Gasteiger partial charge in [-0.05, 0) is 35.7 Å². The molecule has 0 aliphatic carbocycles. The Morgan fingerprint density at radius 1 is 1.19 bits per heavy atom. The highest BCUT2D eigenvalue weighted by Gasteiger charge is 2.31. The van der Waals surface area contributed by atoms with Crippen LogP contribution in [0, 0.1) is 11.7 Å². The summed E-state index contributed by atoms with van der Waals surface area (Å²) in [6, 6.07) is 12.6. The molecule has 1 saturated heterocycles. The molecule has 3 rings (SSSR count). The SMILES string of the molecule is CC(C)[C@H]1CN(CCc2ccccn2)CCC(=O)N1Cc1ccc(F)cc1. The lowest BCUT2D eigenvalue weighted by Crippen LogP contribution is -2.46. The van der Waals surface area contributed by atoms with E-state index in [2.05, 4.69) is 23.7 Å². The highest BCUT2D eigenvalue weighted by molar-refractivity contribution is 5.77. The first-order valence-corrected chi connectivity index (χ1v) is 9.69. The fraction of sp³-hybridized carbons (Fsp3) is 0.455. The first-order chi connectivity index (χ1) is 13.0. The zero-order chi connectivity index (χ0) is 19.2. The topological polar surface area (TPSA) is 36.4 Å². The van der Waals surface area contributed by atoms with Gasteiger partial charge in [-0.25, -0.2) is 4.39 Å². The molecule has 27 heavy (non-hydrogen) atoms. The van der Waals surface area contributed by atoms with Gasteiger partial charge in [-0.2, -0.15) is 0 Å². The van der Waals surface area contributed by atoms with Crippen LogP contribution in [-0.4, -0.2) is 46.4 Å². The van der Waals surface area contributed by atoms with E-state index < -0.39 is 0 Å². The summed E-state index contributed by atoms with van der Waals surface area (Å²) in [5.41, 5.74) is 2.05. The minimum absolute atomic E-state index is 0.147. The van der Waals surface area contributed by atoms with Crippen LogP contribution in [0.25, 0.3) is 0 Å². The van der Waals surface area contributed by atoms with Crippen LogP contribution in [0.1, 0.15) is 31.5 Å². The number of amides is 1. The van der Waals surface area contributed by atoms with E-state index in [4.69, 9.17) is 0 Å². The second-order valence-corrected chi connectivity index (χ2v) is 7.58. The molecule has 144 valence electrons. The van der Waals surface area contributed by atoms with Crippen LogP contribution in [0.2, 0.25) is 0 Å². The molecule has 1 fully saturated rings. The molecule has 1 atom stereocenters. The number of benzene rings is 1. The molecule has 4 nitrogen and oxygen atoms in total. The fourth-order valence-electron chi connectivity index (χ4n) is 3.62. The lowest BCUT2D eigenvalue weighted by atomic mass is 10.0. The average Bonchev–Trinajstić information content (AvgIpc) is 2.82. The molecular formula is C22H28FN3O. The third-order valence-electron chi connectivity index (χ3n) is 5.25. The van der Waals surface area contributed by atoms with Crippen LogP contribution in [0.15, 0.2) is 48.7 Å². The predicted octanol–water partition coefficient (Wildman–Crippen LogP) is 3.52. The number of nitrogens with zero attached hydrogens (tertiary/aromatic N) is 3. The summed E-state index contributed by atoms with van der Waals surface area (Å²) >= 11 is 0. The third-order valence-corrected chi connectivity index (χ3v) is 5.25. The van der Waals surface area contributed by atoms with Crippen molar-refractivity contribution in [2.24, 2.45) is 5.92 Å². The number of hydrogen-bond donors (Lipinski definition) is 0. The molecule has 0 unspecified atom stereocenters. The smallest absolute Gasteiger partial charge is 0.224 e. The monoisotopic (exact) mass is 369 g/mol.